The minimum atomic E-state index is -0.389. The summed E-state index contributed by atoms with van der Waals surface area (Å²) in [6.07, 6.45) is 1.27. The number of rotatable bonds is 4. The van der Waals surface area contributed by atoms with Gasteiger partial charge in [-0.05, 0) is 13.8 Å². The Labute approximate surface area is 114 Å². The molecule has 2 amide bonds. The van der Waals surface area contributed by atoms with Crippen molar-refractivity contribution in [3.05, 3.63) is 29.0 Å². The Morgan fingerprint density at radius 3 is 2.70 bits per heavy atom. The fourth-order valence-electron chi connectivity index (χ4n) is 1.64. The van der Waals surface area contributed by atoms with E-state index in [1.165, 1.54) is 13.3 Å². The van der Waals surface area contributed by atoms with Gasteiger partial charge in [-0.3, -0.25) is 14.9 Å². The van der Waals surface area contributed by atoms with Crippen molar-refractivity contribution in [2.75, 3.05) is 12.4 Å². The molecule has 2 rings (SSSR count). The van der Waals surface area contributed by atoms with E-state index in [1.54, 1.807) is 13.8 Å². The summed E-state index contributed by atoms with van der Waals surface area (Å²) >= 11 is 0. The van der Waals surface area contributed by atoms with Crippen LogP contribution in [0, 0.1) is 13.8 Å². The summed E-state index contributed by atoms with van der Waals surface area (Å²) < 4.78 is 9.97. The predicted octanol–water partition coefficient (Wildman–Crippen LogP) is 0.820. The van der Waals surface area contributed by atoms with Gasteiger partial charge in [-0.1, -0.05) is 5.16 Å². The highest BCUT2D eigenvalue weighted by Gasteiger charge is 2.16. The van der Waals surface area contributed by atoms with Gasteiger partial charge in [0.05, 0.1) is 12.1 Å². The second kappa shape index (κ2) is 5.55. The molecule has 20 heavy (non-hydrogen) atoms. The van der Waals surface area contributed by atoms with Gasteiger partial charge in [-0.15, -0.1) is 0 Å². The molecule has 0 atom stereocenters. The van der Waals surface area contributed by atoms with E-state index in [4.69, 9.17) is 8.94 Å². The Morgan fingerprint density at radius 2 is 2.10 bits per heavy atom. The molecule has 0 aromatic carbocycles. The number of aromatic nitrogens is 2. The van der Waals surface area contributed by atoms with E-state index in [1.807, 2.05) is 0 Å². The zero-order valence-electron chi connectivity index (χ0n) is 11.3. The first-order chi connectivity index (χ1) is 9.51. The van der Waals surface area contributed by atoms with Crippen LogP contribution < -0.4 is 10.6 Å². The number of nitrogens with zero attached hydrogens (tertiary/aromatic N) is 2. The maximum atomic E-state index is 11.9. The van der Waals surface area contributed by atoms with Gasteiger partial charge in [-0.2, -0.15) is 4.98 Å². The zero-order valence-corrected chi connectivity index (χ0v) is 11.3. The molecule has 0 aliphatic carbocycles. The number of nitrogens with one attached hydrogen (secondary N) is 2. The highest BCUT2D eigenvalue weighted by molar-refractivity contribution is 5.93. The Bertz CT molecular complexity index is 624. The summed E-state index contributed by atoms with van der Waals surface area (Å²) in [5.74, 6) is -0.124. The van der Waals surface area contributed by atoms with Crippen LogP contribution in [-0.2, 0) is 11.2 Å². The molecule has 8 heteroatoms. The normalized spacial score (nSPS) is 10.3. The second-order valence-electron chi connectivity index (χ2n) is 4.14. The zero-order chi connectivity index (χ0) is 14.7. The molecule has 0 aliphatic heterocycles. The number of amides is 2. The third-order valence-electron chi connectivity index (χ3n) is 2.73. The predicted molar refractivity (Wildman–Crippen MR) is 68.2 cm³/mol. The molecular formula is C12H14N4O4. The van der Waals surface area contributed by atoms with Gasteiger partial charge in [0.2, 0.25) is 5.91 Å². The fourth-order valence-corrected chi connectivity index (χ4v) is 1.64. The number of oxazole rings is 1. The monoisotopic (exact) mass is 278 g/mol. The molecule has 0 radical (unpaired) electrons. The number of carbonyl (C=O) groups excluding carboxylic acids is 2. The van der Waals surface area contributed by atoms with Gasteiger partial charge >= 0.3 is 6.01 Å². The van der Waals surface area contributed by atoms with Crippen LogP contribution in [0.15, 0.2) is 15.2 Å². The van der Waals surface area contributed by atoms with E-state index in [9.17, 15) is 9.59 Å². The maximum Gasteiger partial charge on any atom is 0.302 e. The van der Waals surface area contributed by atoms with Gasteiger partial charge in [-0.25, -0.2) is 0 Å². The molecule has 2 N–H and O–H groups in total. The third-order valence-corrected chi connectivity index (χ3v) is 2.73. The highest BCUT2D eigenvalue weighted by atomic mass is 16.5. The van der Waals surface area contributed by atoms with Crippen molar-refractivity contribution in [2.24, 2.45) is 0 Å². The number of aryl methyl sites for hydroxylation is 2. The minimum absolute atomic E-state index is 0.0274. The molecule has 2 aromatic heterocycles. The third kappa shape index (κ3) is 2.85. The lowest BCUT2D eigenvalue weighted by atomic mass is 10.1. The first-order valence-electron chi connectivity index (χ1n) is 5.90. The maximum absolute atomic E-state index is 11.9. The quantitative estimate of drug-likeness (QED) is 0.856. The summed E-state index contributed by atoms with van der Waals surface area (Å²) in [4.78, 5) is 27.0. The topological polar surface area (TPSA) is 110 Å². The van der Waals surface area contributed by atoms with E-state index < -0.39 is 0 Å². The van der Waals surface area contributed by atoms with E-state index in [2.05, 4.69) is 20.8 Å². The number of hydrogen-bond donors (Lipinski definition) is 2. The van der Waals surface area contributed by atoms with Crippen molar-refractivity contribution in [2.45, 2.75) is 20.3 Å². The van der Waals surface area contributed by atoms with Gasteiger partial charge in [0.15, 0.2) is 5.69 Å². The van der Waals surface area contributed by atoms with E-state index in [0.717, 1.165) is 5.56 Å². The van der Waals surface area contributed by atoms with E-state index in [0.29, 0.717) is 11.5 Å². The van der Waals surface area contributed by atoms with Crippen molar-refractivity contribution in [1.29, 1.82) is 0 Å². The first-order valence-corrected chi connectivity index (χ1v) is 5.90. The number of anilines is 1. The fraction of sp³-hybridized carbons (Fsp3) is 0.333. The molecular weight excluding hydrogens is 264 g/mol. The van der Waals surface area contributed by atoms with E-state index in [-0.39, 0.29) is 29.9 Å². The van der Waals surface area contributed by atoms with Crippen LogP contribution in [0.4, 0.5) is 6.01 Å². The Balaban J connectivity index is 2.02. The average molecular weight is 278 g/mol. The Hall–Kier alpha value is -2.64. The van der Waals surface area contributed by atoms with Crippen LogP contribution in [-0.4, -0.2) is 29.0 Å². The van der Waals surface area contributed by atoms with Crippen LogP contribution in [0.1, 0.15) is 27.5 Å². The lowest BCUT2D eigenvalue weighted by Crippen LogP contribution is -2.19. The summed E-state index contributed by atoms with van der Waals surface area (Å²) in [5, 5.41) is 8.64. The lowest BCUT2D eigenvalue weighted by Gasteiger charge is -2.00. The summed E-state index contributed by atoms with van der Waals surface area (Å²) in [5.41, 5.74) is 1.48. The lowest BCUT2D eigenvalue weighted by molar-refractivity contribution is -0.115. The molecule has 2 aromatic rings. The Morgan fingerprint density at radius 1 is 1.35 bits per heavy atom. The number of hydrogen-bond acceptors (Lipinski definition) is 6. The molecule has 0 unspecified atom stereocenters. The van der Waals surface area contributed by atoms with Crippen molar-refractivity contribution in [3.8, 4) is 0 Å². The van der Waals surface area contributed by atoms with E-state index >= 15 is 0 Å². The van der Waals surface area contributed by atoms with Crippen LogP contribution >= 0.6 is 0 Å². The van der Waals surface area contributed by atoms with Crippen LogP contribution in [0.25, 0.3) is 0 Å². The molecule has 0 bridgehead atoms. The van der Waals surface area contributed by atoms with Crippen molar-refractivity contribution >= 4 is 17.8 Å². The minimum Gasteiger partial charge on any atom is -0.431 e. The van der Waals surface area contributed by atoms with Crippen LogP contribution in [0.5, 0.6) is 0 Å². The number of carbonyl (C=O) groups is 2. The van der Waals surface area contributed by atoms with Crippen molar-refractivity contribution in [3.63, 3.8) is 0 Å². The van der Waals surface area contributed by atoms with Gasteiger partial charge in [0, 0.05) is 12.6 Å². The van der Waals surface area contributed by atoms with Crippen LogP contribution in [0.3, 0.4) is 0 Å². The van der Waals surface area contributed by atoms with Crippen molar-refractivity contribution in [1.82, 2.24) is 15.5 Å². The molecule has 2 heterocycles. The van der Waals surface area contributed by atoms with Gasteiger partial charge in [0.1, 0.15) is 12.0 Å². The SMILES string of the molecule is CNC(=O)c1coc(NC(=O)Cc2c(C)noc2C)n1. The summed E-state index contributed by atoms with van der Waals surface area (Å²) in [6, 6.07) is -0.0274. The van der Waals surface area contributed by atoms with Gasteiger partial charge in [0.25, 0.3) is 5.91 Å². The molecule has 8 nitrogen and oxygen atoms in total. The molecule has 0 saturated carbocycles. The Kier molecular flexibility index (Phi) is 3.83. The largest absolute Gasteiger partial charge is 0.431 e. The molecule has 0 fully saturated rings. The smallest absolute Gasteiger partial charge is 0.302 e. The molecule has 0 saturated heterocycles. The highest BCUT2D eigenvalue weighted by Crippen LogP contribution is 2.14. The average Bonchev–Trinajstić information content (AvgIpc) is 3.00. The standard InChI is InChI=1S/C12H14N4O4/c1-6-8(7(2)20-16-6)4-10(17)15-12-14-9(5-19-12)11(18)13-3/h5H,4H2,1-3H3,(H,13,18)(H,14,15,17). The summed E-state index contributed by atoms with van der Waals surface area (Å²) in [6.45, 7) is 3.49. The molecule has 106 valence electrons. The molecule has 0 aliphatic rings. The molecule has 0 spiro atoms. The van der Waals surface area contributed by atoms with Crippen LogP contribution in [0.2, 0.25) is 0 Å². The van der Waals surface area contributed by atoms with Crippen molar-refractivity contribution < 1.29 is 18.5 Å². The first kappa shape index (κ1) is 13.8. The summed E-state index contributed by atoms with van der Waals surface area (Å²) in [7, 11) is 1.48. The van der Waals surface area contributed by atoms with Gasteiger partial charge < -0.3 is 14.3 Å². The second-order valence-corrected chi connectivity index (χ2v) is 4.14.